The number of nitrogens with zero attached hydrogens (tertiary/aromatic N) is 1. The van der Waals surface area contributed by atoms with Gasteiger partial charge in [-0.05, 0) is 36.4 Å². The van der Waals surface area contributed by atoms with E-state index in [1.807, 2.05) is 0 Å². The number of carboxylic acid groups (broad SMARTS) is 1. The summed E-state index contributed by atoms with van der Waals surface area (Å²) in [4.78, 5) is 22.9. The molecule has 2 N–H and O–H groups in total. The van der Waals surface area contributed by atoms with Gasteiger partial charge in [-0.1, -0.05) is 12.0 Å². The lowest BCUT2D eigenvalue weighted by Gasteiger charge is -2.30. The summed E-state index contributed by atoms with van der Waals surface area (Å²) in [6.07, 6.45) is 5.15. The van der Waals surface area contributed by atoms with E-state index in [0.29, 0.717) is 11.3 Å². The van der Waals surface area contributed by atoms with Gasteiger partial charge >= 0.3 is 5.97 Å². The fraction of sp³-hybridized carbons (Fsp3) is 0.200. The fourth-order valence-electron chi connectivity index (χ4n) is 2.84. The molecule has 9 heteroatoms. The molecular formula is C20H18N2O6S. The second-order valence-corrected chi connectivity index (χ2v) is 8.04. The number of hydrogen-bond donors (Lipinski definition) is 2. The van der Waals surface area contributed by atoms with Gasteiger partial charge in [-0.2, -0.15) is 0 Å². The number of hydrogen-bond acceptors (Lipinski definition) is 5. The van der Waals surface area contributed by atoms with Crippen LogP contribution < -0.4 is 14.4 Å². The van der Waals surface area contributed by atoms with Crippen LogP contribution in [-0.4, -0.2) is 45.1 Å². The molecule has 0 aromatic heterocycles. The lowest BCUT2D eigenvalue weighted by Crippen LogP contribution is -2.38. The second-order valence-electron chi connectivity index (χ2n) is 6.18. The predicted octanol–water partition coefficient (Wildman–Crippen LogP) is 1.46. The van der Waals surface area contributed by atoms with Crippen molar-refractivity contribution in [2.45, 2.75) is 11.3 Å². The summed E-state index contributed by atoms with van der Waals surface area (Å²) in [6.45, 7) is 0.188. The molecule has 150 valence electrons. The predicted molar refractivity (Wildman–Crippen MR) is 105 cm³/mol. The first kappa shape index (κ1) is 20.2. The molecule has 29 heavy (non-hydrogen) atoms. The van der Waals surface area contributed by atoms with E-state index in [0.717, 1.165) is 0 Å². The summed E-state index contributed by atoms with van der Waals surface area (Å²) < 4.78 is 33.1. The summed E-state index contributed by atoms with van der Waals surface area (Å²) in [5.74, 6) is 1.20. The summed E-state index contributed by atoms with van der Waals surface area (Å²) in [6, 6.07) is 10.5. The molecule has 2 aromatic carbocycles. The molecule has 0 atom stereocenters. The number of rotatable bonds is 6. The average molecular weight is 414 g/mol. The maximum atomic E-state index is 13.2. The van der Waals surface area contributed by atoms with Crippen LogP contribution in [0.4, 0.5) is 5.69 Å². The van der Waals surface area contributed by atoms with Crippen molar-refractivity contribution in [3.63, 3.8) is 0 Å². The number of carbonyl (C=O) groups is 2. The number of ether oxygens (including phenoxy) is 1. The van der Waals surface area contributed by atoms with Gasteiger partial charge < -0.3 is 15.2 Å². The van der Waals surface area contributed by atoms with Crippen LogP contribution in [0.5, 0.6) is 5.75 Å². The minimum absolute atomic E-state index is 0.0390. The van der Waals surface area contributed by atoms with Gasteiger partial charge in [0.1, 0.15) is 12.4 Å². The zero-order valence-corrected chi connectivity index (χ0v) is 16.1. The molecule has 0 saturated heterocycles. The minimum Gasteiger partial charge on any atom is -0.489 e. The van der Waals surface area contributed by atoms with Crippen LogP contribution in [0.2, 0.25) is 0 Å². The molecule has 1 amide bonds. The Hall–Kier alpha value is -3.51. The van der Waals surface area contributed by atoms with Crippen molar-refractivity contribution in [2.75, 3.05) is 24.0 Å². The van der Waals surface area contributed by atoms with Gasteiger partial charge in [-0.3, -0.25) is 13.9 Å². The van der Waals surface area contributed by atoms with Crippen molar-refractivity contribution < 1.29 is 27.9 Å². The lowest BCUT2D eigenvalue weighted by molar-refractivity contribution is -0.136. The van der Waals surface area contributed by atoms with Crippen LogP contribution in [0.15, 0.2) is 47.4 Å². The minimum atomic E-state index is -3.93. The third-order valence-corrected chi connectivity index (χ3v) is 6.06. The Kier molecular flexibility index (Phi) is 5.75. The quantitative estimate of drug-likeness (QED) is 0.692. The van der Waals surface area contributed by atoms with E-state index >= 15 is 0 Å². The lowest BCUT2D eigenvalue weighted by atomic mass is 10.1. The molecule has 0 spiro atoms. The first-order chi connectivity index (χ1) is 13.8. The molecule has 3 rings (SSSR count). The molecule has 0 unspecified atom stereocenters. The molecule has 2 aromatic rings. The van der Waals surface area contributed by atoms with Gasteiger partial charge in [-0.25, -0.2) is 8.42 Å². The topological polar surface area (TPSA) is 113 Å². The van der Waals surface area contributed by atoms with E-state index in [2.05, 4.69) is 11.2 Å². The van der Waals surface area contributed by atoms with Gasteiger partial charge in [0, 0.05) is 17.7 Å². The number of aliphatic carboxylic acids is 1. The molecule has 0 aliphatic carbocycles. The molecule has 0 bridgehead atoms. The van der Waals surface area contributed by atoms with Gasteiger partial charge in [0.2, 0.25) is 0 Å². The van der Waals surface area contributed by atoms with Crippen molar-refractivity contribution in [2.24, 2.45) is 0 Å². The Morgan fingerprint density at radius 1 is 1.24 bits per heavy atom. The summed E-state index contributed by atoms with van der Waals surface area (Å²) in [5.41, 5.74) is 0.858. The van der Waals surface area contributed by atoms with Crippen LogP contribution in [0.25, 0.3) is 0 Å². The van der Waals surface area contributed by atoms with Crippen LogP contribution >= 0.6 is 0 Å². The Balaban J connectivity index is 1.93. The van der Waals surface area contributed by atoms with Crippen molar-refractivity contribution in [3.8, 4) is 18.1 Å². The largest absolute Gasteiger partial charge is 0.489 e. The third-order valence-electron chi connectivity index (χ3n) is 4.25. The molecule has 0 radical (unpaired) electrons. The number of anilines is 1. The Morgan fingerprint density at radius 2 is 2.03 bits per heavy atom. The van der Waals surface area contributed by atoms with E-state index in [4.69, 9.17) is 16.3 Å². The smallest absolute Gasteiger partial charge is 0.305 e. The van der Waals surface area contributed by atoms with E-state index in [1.165, 1.54) is 34.6 Å². The highest BCUT2D eigenvalue weighted by Gasteiger charge is 2.31. The Bertz CT molecular complexity index is 1100. The number of benzene rings is 2. The summed E-state index contributed by atoms with van der Waals surface area (Å²) >= 11 is 0. The summed E-state index contributed by atoms with van der Waals surface area (Å²) in [5, 5.41) is 11.2. The van der Waals surface area contributed by atoms with Crippen molar-refractivity contribution >= 4 is 27.6 Å². The highest BCUT2D eigenvalue weighted by Crippen LogP contribution is 2.36. The molecular weight excluding hydrogens is 396 g/mol. The Labute approximate surface area is 168 Å². The van der Waals surface area contributed by atoms with Crippen LogP contribution in [0, 0.1) is 12.3 Å². The van der Waals surface area contributed by atoms with E-state index in [-0.39, 0.29) is 42.3 Å². The number of carboxylic acids is 1. The fourth-order valence-corrected chi connectivity index (χ4v) is 4.34. The highest BCUT2D eigenvalue weighted by atomic mass is 32.2. The number of carbonyl (C=O) groups excluding carboxylic acids is 1. The second kappa shape index (κ2) is 8.24. The van der Waals surface area contributed by atoms with Gasteiger partial charge in [0.05, 0.1) is 23.5 Å². The van der Waals surface area contributed by atoms with E-state index in [1.54, 1.807) is 12.1 Å². The van der Waals surface area contributed by atoms with Gasteiger partial charge in [0.15, 0.2) is 0 Å². The SMILES string of the molecule is C#Cc1cccc(S(=O)(=O)N2CCOc3ccc(C(=O)NCCC(=O)O)cc32)c1. The number of nitrogens with one attached hydrogen (secondary N) is 1. The first-order valence-corrected chi connectivity index (χ1v) is 10.1. The molecule has 1 aliphatic heterocycles. The third kappa shape index (κ3) is 4.33. The zero-order valence-electron chi connectivity index (χ0n) is 15.3. The van der Waals surface area contributed by atoms with Gasteiger partial charge in [-0.15, -0.1) is 6.42 Å². The number of sulfonamides is 1. The number of terminal acetylenes is 1. The van der Waals surface area contributed by atoms with Crippen LogP contribution in [-0.2, 0) is 14.8 Å². The van der Waals surface area contributed by atoms with Crippen molar-refractivity contribution in [1.29, 1.82) is 0 Å². The molecule has 0 saturated carbocycles. The zero-order chi connectivity index (χ0) is 21.0. The van der Waals surface area contributed by atoms with Crippen molar-refractivity contribution in [1.82, 2.24) is 5.32 Å². The Morgan fingerprint density at radius 3 is 2.76 bits per heavy atom. The maximum Gasteiger partial charge on any atom is 0.305 e. The molecule has 1 aliphatic rings. The maximum absolute atomic E-state index is 13.2. The molecule has 0 fully saturated rings. The molecule has 8 nitrogen and oxygen atoms in total. The first-order valence-electron chi connectivity index (χ1n) is 8.69. The van der Waals surface area contributed by atoms with Crippen molar-refractivity contribution in [3.05, 3.63) is 53.6 Å². The van der Waals surface area contributed by atoms with E-state index < -0.39 is 21.9 Å². The highest BCUT2D eigenvalue weighted by molar-refractivity contribution is 7.92. The number of fused-ring (bicyclic) bond motifs is 1. The molecule has 1 heterocycles. The van der Waals surface area contributed by atoms with Crippen LogP contribution in [0.1, 0.15) is 22.3 Å². The van der Waals surface area contributed by atoms with Gasteiger partial charge in [0.25, 0.3) is 15.9 Å². The monoisotopic (exact) mass is 414 g/mol. The summed E-state index contributed by atoms with van der Waals surface area (Å²) in [7, 11) is -3.93. The normalized spacial score (nSPS) is 13.0. The van der Waals surface area contributed by atoms with Crippen LogP contribution in [0.3, 0.4) is 0 Å². The average Bonchev–Trinajstić information content (AvgIpc) is 2.72. The standard InChI is InChI=1S/C20H18N2O6S/c1-2-14-4-3-5-16(12-14)29(26,27)22-10-11-28-18-7-6-15(13-17(18)22)20(25)21-9-8-19(23)24/h1,3-7,12-13H,8-11H2,(H,21,25)(H,23,24). The number of amides is 1. The van der Waals surface area contributed by atoms with E-state index in [9.17, 15) is 18.0 Å².